The number of nitrogens with one attached hydrogen (secondary N) is 2. The first kappa shape index (κ1) is 26.9. The van der Waals surface area contributed by atoms with Crippen molar-refractivity contribution < 1.29 is 14.6 Å². The number of carbonyl (C=O) groups is 1. The van der Waals surface area contributed by atoms with Gasteiger partial charge in [-0.05, 0) is 69.7 Å². The SMILES string of the molecule is COC(C)CN(CCCCc1ccc2c(n1)NCCC2)CCC(Nc1cn(C)c2ccccc12)C(=O)O. The van der Waals surface area contributed by atoms with Crippen LogP contribution in [-0.2, 0) is 29.4 Å². The molecule has 3 N–H and O–H groups in total. The fourth-order valence-corrected chi connectivity index (χ4v) is 5.10. The van der Waals surface area contributed by atoms with Crippen LogP contribution in [0.25, 0.3) is 10.9 Å². The molecule has 0 bridgehead atoms. The Kier molecular flexibility index (Phi) is 9.41. The third-order valence-corrected chi connectivity index (χ3v) is 7.29. The van der Waals surface area contributed by atoms with Crippen LogP contribution in [0.1, 0.15) is 43.9 Å². The predicted octanol–water partition coefficient (Wildman–Crippen LogP) is 4.55. The zero-order valence-corrected chi connectivity index (χ0v) is 22.4. The lowest BCUT2D eigenvalue weighted by Gasteiger charge is -2.27. The maximum absolute atomic E-state index is 12.1. The number of anilines is 2. The molecule has 0 spiro atoms. The first-order valence-electron chi connectivity index (χ1n) is 13.5. The summed E-state index contributed by atoms with van der Waals surface area (Å²) in [5, 5.41) is 17.7. The van der Waals surface area contributed by atoms with Crippen LogP contribution >= 0.6 is 0 Å². The largest absolute Gasteiger partial charge is 0.480 e. The van der Waals surface area contributed by atoms with Crippen LogP contribution in [0.4, 0.5) is 11.5 Å². The standard InChI is InChI=1S/C29H41N5O3/c1-21(37-3)19-34(17-7-6-10-23-14-13-22-9-8-16-30-28(22)31-23)18-15-25(29(35)36)32-26-20-33(2)27-12-5-4-11-24(26)27/h4-5,11-14,20-21,25,32H,6-10,15-19H2,1-3H3,(H,30,31)(H,35,36). The number of methoxy groups -OCH3 is 1. The molecule has 0 amide bonds. The lowest BCUT2D eigenvalue weighted by Crippen LogP contribution is -2.38. The molecule has 0 saturated carbocycles. The number of benzene rings is 1. The summed E-state index contributed by atoms with van der Waals surface area (Å²) >= 11 is 0. The maximum Gasteiger partial charge on any atom is 0.326 e. The fourth-order valence-electron chi connectivity index (χ4n) is 5.10. The molecule has 3 aromatic rings. The van der Waals surface area contributed by atoms with E-state index in [2.05, 4.69) is 34.6 Å². The molecular weight excluding hydrogens is 466 g/mol. The van der Waals surface area contributed by atoms with E-state index in [1.54, 1.807) is 7.11 Å². The molecule has 200 valence electrons. The lowest BCUT2D eigenvalue weighted by molar-refractivity contribution is -0.138. The van der Waals surface area contributed by atoms with Crippen molar-refractivity contribution in [2.24, 2.45) is 7.05 Å². The van der Waals surface area contributed by atoms with Crippen LogP contribution in [0.2, 0.25) is 0 Å². The fraction of sp³-hybridized carbons (Fsp3) is 0.517. The minimum absolute atomic E-state index is 0.0858. The third kappa shape index (κ3) is 7.23. The minimum atomic E-state index is -0.834. The molecule has 1 aliphatic rings. The zero-order valence-electron chi connectivity index (χ0n) is 22.4. The Balaban J connectivity index is 1.32. The normalized spacial score (nSPS) is 14.8. The van der Waals surface area contributed by atoms with E-state index in [1.807, 2.05) is 42.1 Å². The second kappa shape index (κ2) is 12.9. The molecule has 2 aromatic heterocycles. The summed E-state index contributed by atoms with van der Waals surface area (Å²) in [6.07, 6.45) is 7.85. The van der Waals surface area contributed by atoms with Gasteiger partial charge in [-0.2, -0.15) is 0 Å². The van der Waals surface area contributed by atoms with Crippen molar-refractivity contribution in [1.82, 2.24) is 14.5 Å². The van der Waals surface area contributed by atoms with Gasteiger partial charge in [-0.3, -0.25) is 0 Å². The van der Waals surface area contributed by atoms with Crippen molar-refractivity contribution >= 4 is 28.4 Å². The Morgan fingerprint density at radius 2 is 2.08 bits per heavy atom. The van der Waals surface area contributed by atoms with Crippen molar-refractivity contribution in [2.45, 2.75) is 57.6 Å². The Hall–Kier alpha value is -3.10. The quantitative estimate of drug-likeness (QED) is 0.276. The van der Waals surface area contributed by atoms with E-state index in [-0.39, 0.29) is 6.10 Å². The number of ether oxygens (including phenoxy) is 1. The van der Waals surface area contributed by atoms with Gasteiger partial charge in [0.15, 0.2) is 0 Å². The van der Waals surface area contributed by atoms with Gasteiger partial charge in [0.05, 0.1) is 11.8 Å². The Morgan fingerprint density at radius 1 is 1.24 bits per heavy atom. The van der Waals surface area contributed by atoms with E-state index in [0.717, 1.165) is 73.4 Å². The summed E-state index contributed by atoms with van der Waals surface area (Å²) in [5.74, 6) is 0.220. The number of para-hydroxylation sites is 1. The number of hydrogen-bond acceptors (Lipinski definition) is 6. The van der Waals surface area contributed by atoms with Crippen molar-refractivity contribution in [3.63, 3.8) is 0 Å². The molecule has 0 aliphatic carbocycles. The molecule has 1 aliphatic heterocycles. The highest BCUT2D eigenvalue weighted by molar-refractivity contribution is 5.94. The zero-order chi connectivity index (χ0) is 26.2. The summed E-state index contributed by atoms with van der Waals surface area (Å²) < 4.78 is 7.54. The van der Waals surface area contributed by atoms with Gasteiger partial charge in [0.2, 0.25) is 0 Å². The number of carboxylic acids is 1. The van der Waals surface area contributed by atoms with Crippen molar-refractivity contribution in [2.75, 3.05) is 43.9 Å². The van der Waals surface area contributed by atoms with Gasteiger partial charge in [-0.25, -0.2) is 9.78 Å². The minimum Gasteiger partial charge on any atom is -0.480 e. The van der Waals surface area contributed by atoms with Crippen LogP contribution in [0.5, 0.6) is 0 Å². The van der Waals surface area contributed by atoms with Gasteiger partial charge in [0.25, 0.3) is 0 Å². The molecule has 37 heavy (non-hydrogen) atoms. The van der Waals surface area contributed by atoms with E-state index in [9.17, 15) is 9.90 Å². The molecule has 8 heteroatoms. The van der Waals surface area contributed by atoms with Gasteiger partial charge < -0.3 is 29.9 Å². The average Bonchev–Trinajstić information content (AvgIpc) is 3.23. The van der Waals surface area contributed by atoms with Gasteiger partial charge >= 0.3 is 5.97 Å². The molecule has 3 heterocycles. The van der Waals surface area contributed by atoms with Crippen LogP contribution < -0.4 is 10.6 Å². The molecule has 2 unspecified atom stereocenters. The number of rotatable bonds is 14. The highest BCUT2D eigenvalue weighted by Gasteiger charge is 2.21. The third-order valence-electron chi connectivity index (χ3n) is 7.29. The number of carboxylic acid groups (broad SMARTS) is 1. The Bertz CT molecular complexity index is 1180. The number of hydrogen-bond donors (Lipinski definition) is 3. The van der Waals surface area contributed by atoms with Crippen molar-refractivity contribution in [3.05, 3.63) is 53.9 Å². The number of nitrogens with zero attached hydrogens (tertiary/aromatic N) is 3. The first-order valence-corrected chi connectivity index (χ1v) is 13.5. The predicted molar refractivity (Wildman–Crippen MR) is 149 cm³/mol. The number of pyridine rings is 1. The summed E-state index contributed by atoms with van der Waals surface area (Å²) in [4.78, 5) is 19.3. The number of aryl methyl sites for hydroxylation is 3. The van der Waals surface area contributed by atoms with Gasteiger partial charge in [-0.1, -0.05) is 24.3 Å². The average molecular weight is 508 g/mol. The van der Waals surface area contributed by atoms with E-state index in [0.29, 0.717) is 13.0 Å². The number of aliphatic carboxylic acids is 1. The van der Waals surface area contributed by atoms with Crippen molar-refractivity contribution in [1.29, 1.82) is 0 Å². The molecule has 0 radical (unpaired) electrons. The van der Waals surface area contributed by atoms with E-state index in [1.165, 1.54) is 12.0 Å². The van der Waals surface area contributed by atoms with Crippen LogP contribution in [-0.4, -0.2) is 71.0 Å². The summed E-state index contributed by atoms with van der Waals surface area (Å²) in [6, 6.07) is 11.7. The van der Waals surface area contributed by atoms with Crippen LogP contribution in [0, 0.1) is 0 Å². The molecule has 1 aromatic carbocycles. The van der Waals surface area contributed by atoms with Gasteiger partial charge in [0.1, 0.15) is 11.9 Å². The molecule has 2 atom stereocenters. The van der Waals surface area contributed by atoms with E-state index < -0.39 is 12.0 Å². The highest BCUT2D eigenvalue weighted by Crippen LogP contribution is 2.26. The van der Waals surface area contributed by atoms with Crippen LogP contribution in [0.15, 0.2) is 42.6 Å². The topological polar surface area (TPSA) is 91.7 Å². The smallest absolute Gasteiger partial charge is 0.326 e. The number of aromatic nitrogens is 2. The molecular formula is C29H41N5O3. The van der Waals surface area contributed by atoms with Gasteiger partial charge in [0, 0.05) is 56.6 Å². The number of fused-ring (bicyclic) bond motifs is 2. The van der Waals surface area contributed by atoms with Crippen molar-refractivity contribution in [3.8, 4) is 0 Å². The van der Waals surface area contributed by atoms with Gasteiger partial charge in [-0.15, -0.1) is 0 Å². The molecule has 4 rings (SSSR count). The molecule has 8 nitrogen and oxygen atoms in total. The summed E-state index contributed by atoms with van der Waals surface area (Å²) in [6.45, 7) is 5.42. The van der Waals surface area contributed by atoms with E-state index in [4.69, 9.17) is 9.72 Å². The lowest BCUT2D eigenvalue weighted by atomic mass is 10.1. The van der Waals surface area contributed by atoms with Crippen LogP contribution in [0.3, 0.4) is 0 Å². The number of unbranched alkanes of at least 4 members (excludes halogenated alkanes) is 1. The summed E-state index contributed by atoms with van der Waals surface area (Å²) in [7, 11) is 3.70. The first-order chi connectivity index (χ1) is 17.9. The monoisotopic (exact) mass is 507 g/mol. The highest BCUT2D eigenvalue weighted by atomic mass is 16.5. The van der Waals surface area contributed by atoms with E-state index >= 15 is 0 Å². The maximum atomic E-state index is 12.1. The second-order valence-electron chi connectivity index (χ2n) is 10.1. The Labute approximate surface area is 220 Å². The Morgan fingerprint density at radius 3 is 2.89 bits per heavy atom. The molecule has 0 fully saturated rings. The molecule has 0 saturated heterocycles. The second-order valence-corrected chi connectivity index (χ2v) is 10.1. The summed E-state index contributed by atoms with van der Waals surface area (Å²) in [5.41, 5.74) is 4.39.